The van der Waals surface area contributed by atoms with Crippen molar-refractivity contribution in [2.75, 3.05) is 38.7 Å². The Labute approximate surface area is 96.9 Å². The van der Waals surface area contributed by atoms with E-state index in [0.29, 0.717) is 25.0 Å². The molecule has 0 aromatic rings. The normalized spacial score (nSPS) is 12.0. The van der Waals surface area contributed by atoms with Crippen LogP contribution in [0.15, 0.2) is 0 Å². The van der Waals surface area contributed by atoms with Crippen molar-refractivity contribution in [3.05, 3.63) is 0 Å². The maximum Gasteiger partial charge on any atom is 0.0700 e. The van der Waals surface area contributed by atoms with E-state index in [-0.39, 0.29) is 5.41 Å². The largest absolute Gasteiger partial charge is 0.382 e. The summed E-state index contributed by atoms with van der Waals surface area (Å²) in [5, 5.41) is 0. The number of halogens is 2. The molecule has 0 atom stereocenters. The summed E-state index contributed by atoms with van der Waals surface area (Å²) in [7, 11) is 1.67. The molecule has 0 saturated carbocycles. The fourth-order valence-corrected chi connectivity index (χ4v) is 1.57. The molecule has 0 aromatic heterocycles. The van der Waals surface area contributed by atoms with Crippen LogP contribution in [0.5, 0.6) is 0 Å². The maximum absolute atomic E-state index is 5.83. The number of hydrogen-bond acceptors (Lipinski definition) is 2. The summed E-state index contributed by atoms with van der Waals surface area (Å²) in [4.78, 5) is 0. The maximum atomic E-state index is 5.83. The summed E-state index contributed by atoms with van der Waals surface area (Å²) in [5.41, 5.74) is 0.0493. The van der Waals surface area contributed by atoms with Gasteiger partial charge in [-0.15, -0.1) is 23.2 Å². The van der Waals surface area contributed by atoms with E-state index in [4.69, 9.17) is 32.7 Å². The summed E-state index contributed by atoms with van der Waals surface area (Å²) in [6.07, 6.45) is 2.01. The Morgan fingerprint density at radius 2 is 1.71 bits per heavy atom. The lowest BCUT2D eigenvalue weighted by Gasteiger charge is -2.23. The van der Waals surface area contributed by atoms with E-state index in [1.165, 1.54) is 0 Å². The van der Waals surface area contributed by atoms with E-state index < -0.39 is 0 Å². The predicted molar refractivity (Wildman–Crippen MR) is 61.5 cm³/mol. The first-order valence-electron chi connectivity index (χ1n) is 4.87. The van der Waals surface area contributed by atoms with Gasteiger partial charge in [0, 0.05) is 25.5 Å². The van der Waals surface area contributed by atoms with Crippen LogP contribution in [0.4, 0.5) is 0 Å². The van der Waals surface area contributed by atoms with E-state index >= 15 is 0 Å². The van der Waals surface area contributed by atoms with Crippen molar-refractivity contribution >= 4 is 23.2 Å². The first-order valence-corrected chi connectivity index (χ1v) is 5.94. The molecule has 0 bridgehead atoms. The zero-order chi connectivity index (χ0) is 10.9. The van der Waals surface area contributed by atoms with Crippen LogP contribution in [0, 0.1) is 5.41 Å². The number of methoxy groups -OCH3 is 1. The zero-order valence-electron chi connectivity index (χ0n) is 9.02. The van der Waals surface area contributed by atoms with Gasteiger partial charge in [0.2, 0.25) is 0 Å². The molecule has 0 radical (unpaired) electrons. The van der Waals surface area contributed by atoms with Gasteiger partial charge in [0.15, 0.2) is 0 Å². The Morgan fingerprint density at radius 1 is 1.07 bits per heavy atom. The molecule has 0 unspecified atom stereocenters. The number of rotatable bonds is 9. The van der Waals surface area contributed by atoms with Crippen LogP contribution < -0.4 is 0 Å². The Hall–Kier alpha value is 0.500. The van der Waals surface area contributed by atoms with Gasteiger partial charge >= 0.3 is 0 Å². The van der Waals surface area contributed by atoms with Crippen LogP contribution in [0.2, 0.25) is 0 Å². The first-order chi connectivity index (χ1) is 6.68. The summed E-state index contributed by atoms with van der Waals surface area (Å²) < 4.78 is 10.2. The first kappa shape index (κ1) is 14.5. The lowest BCUT2D eigenvalue weighted by molar-refractivity contribution is 0.0657. The van der Waals surface area contributed by atoms with E-state index in [9.17, 15) is 0 Å². The van der Waals surface area contributed by atoms with Crippen LogP contribution >= 0.6 is 23.2 Å². The molecular formula is C10H20Cl2O2. The molecule has 0 amide bonds. The smallest absolute Gasteiger partial charge is 0.0700 e. The average molecular weight is 243 g/mol. The topological polar surface area (TPSA) is 18.5 Å². The third-order valence-corrected chi connectivity index (χ3v) is 3.44. The third-order valence-electron chi connectivity index (χ3n) is 2.15. The SMILES string of the molecule is COCCOCCCC(C)(CCl)CCl. The van der Waals surface area contributed by atoms with Crippen LogP contribution in [-0.2, 0) is 9.47 Å². The van der Waals surface area contributed by atoms with E-state index in [1.54, 1.807) is 7.11 Å². The lowest BCUT2D eigenvalue weighted by atomic mass is 9.90. The van der Waals surface area contributed by atoms with Crippen molar-refractivity contribution in [2.45, 2.75) is 19.8 Å². The minimum atomic E-state index is 0.0493. The highest BCUT2D eigenvalue weighted by atomic mass is 35.5. The highest BCUT2D eigenvalue weighted by Gasteiger charge is 2.21. The number of ether oxygens (including phenoxy) is 2. The van der Waals surface area contributed by atoms with Gasteiger partial charge in [-0.25, -0.2) is 0 Å². The molecule has 0 fully saturated rings. The average Bonchev–Trinajstić information content (AvgIpc) is 2.23. The molecule has 0 spiro atoms. The second-order valence-electron chi connectivity index (χ2n) is 3.79. The molecule has 4 heteroatoms. The van der Waals surface area contributed by atoms with Gasteiger partial charge in [0.25, 0.3) is 0 Å². The fraction of sp³-hybridized carbons (Fsp3) is 1.00. The second-order valence-corrected chi connectivity index (χ2v) is 4.32. The van der Waals surface area contributed by atoms with Gasteiger partial charge in [-0.2, -0.15) is 0 Å². The van der Waals surface area contributed by atoms with Crippen LogP contribution in [0.3, 0.4) is 0 Å². The second kappa shape index (κ2) is 8.78. The molecule has 0 aliphatic heterocycles. The summed E-state index contributed by atoms with van der Waals surface area (Å²) in [6.45, 7) is 4.17. The van der Waals surface area contributed by atoms with Crippen LogP contribution in [0.25, 0.3) is 0 Å². The molecule has 14 heavy (non-hydrogen) atoms. The molecule has 0 aromatic carbocycles. The molecule has 0 aliphatic rings. The van der Waals surface area contributed by atoms with Gasteiger partial charge < -0.3 is 9.47 Å². The zero-order valence-corrected chi connectivity index (χ0v) is 10.5. The highest BCUT2D eigenvalue weighted by molar-refractivity contribution is 6.21. The standard InChI is InChI=1S/C10H20Cl2O2/c1-10(8-11,9-12)4-3-5-14-7-6-13-2/h3-9H2,1-2H3. The molecule has 0 aliphatic carbocycles. The Morgan fingerprint density at radius 3 is 2.21 bits per heavy atom. The lowest BCUT2D eigenvalue weighted by Crippen LogP contribution is -2.21. The number of hydrogen-bond donors (Lipinski definition) is 0. The van der Waals surface area contributed by atoms with Gasteiger partial charge in [0.1, 0.15) is 0 Å². The minimum absolute atomic E-state index is 0.0493. The van der Waals surface area contributed by atoms with E-state index in [1.807, 2.05) is 0 Å². The monoisotopic (exact) mass is 242 g/mol. The molecule has 2 nitrogen and oxygen atoms in total. The highest BCUT2D eigenvalue weighted by Crippen LogP contribution is 2.26. The predicted octanol–water partition coefficient (Wildman–Crippen LogP) is 2.91. The molecular weight excluding hydrogens is 223 g/mol. The number of alkyl halides is 2. The van der Waals surface area contributed by atoms with Gasteiger partial charge in [-0.3, -0.25) is 0 Å². The van der Waals surface area contributed by atoms with Crippen molar-refractivity contribution in [2.24, 2.45) is 5.41 Å². The fourth-order valence-electron chi connectivity index (χ4n) is 1.01. The van der Waals surface area contributed by atoms with Crippen LogP contribution in [-0.4, -0.2) is 38.7 Å². The van der Waals surface area contributed by atoms with Gasteiger partial charge in [-0.1, -0.05) is 6.92 Å². The summed E-state index contributed by atoms with van der Waals surface area (Å²) in [6, 6.07) is 0. The molecule has 0 rings (SSSR count). The summed E-state index contributed by atoms with van der Waals surface area (Å²) >= 11 is 11.7. The molecule has 86 valence electrons. The molecule has 0 N–H and O–H groups in total. The Kier molecular flexibility index (Phi) is 9.09. The minimum Gasteiger partial charge on any atom is -0.382 e. The quantitative estimate of drug-likeness (QED) is 0.458. The van der Waals surface area contributed by atoms with Gasteiger partial charge in [0.05, 0.1) is 13.2 Å². The Balaban J connectivity index is 3.34. The van der Waals surface area contributed by atoms with Crippen molar-refractivity contribution in [1.29, 1.82) is 0 Å². The van der Waals surface area contributed by atoms with E-state index in [2.05, 4.69) is 6.92 Å². The molecule has 0 saturated heterocycles. The Bertz CT molecular complexity index is 127. The molecule has 0 heterocycles. The van der Waals surface area contributed by atoms with E-state index in [0.717, 1.165) is 19.4 Å². The van der Waals surface area contributed by atoms with Crippen molar-refractivity contribution in [3.8, 4) is 0 Å². The van der Waals surface area contributed by atoms with Crippen molar-refractivity contribution in [3.63, 3.8) is 0 Å². The van der Waals surface area contributed by atoms with Crippen molar-refractivity contribution in [1.82, 2.24) is 0 Å². The van der Waals surface area contributed by atoms with Gasteiger partial charge in [-0.05, 0) is 18.3 Å². The third kappa shape index (κ3) is 6.88. The van der Waals surface area contributed by atoms with Crippen LogP contribution in [0.1, 0.15) is 19.8 Å². The van der Waals surface area contributed by atoms with Crippen molar-refractivity contribution < 1.29 is 9.47 Å². The summed E-state index contributed by atoms with van der Waals surface area (Å²) in [5.74, 6) is 1.21.